The first-order chi connectivity index (χ1) is 9.84. The van der Waals surface area contributed by atoms with Crippen molar-refractivity contribution in [3.05, 3.63) is 29.3 Å². The summed E-state index contributed by atoms with van der Waals surface area (Å²) in [6.45, 7) is 6.46. The smallest absolute Gasteiger partial charge is 0.410 e. The number of amides is 1. The zero-order valence-corrected chi connectivity index (χ0v) is 13.0. The monoisotopic (exact) mass is 293 g/mol. The number of benzene rings is 1. The molecule has 1 heterocycles. The van der Waals surface area contributed by atoms with Crippen molar-refractivity contribution in [3.63, 3.8) is 0 Å². The van der Waals surface area contributed by atoms with Crippen molar-refractivity contribution in [1.29, 1.82) is 0 Å². The number of rotatable bonds is 2. The lowest BCUT2D eigenvalue weighted by atomic mass is 9.90. The molecule has 0 fully saturated rings. The van der Waals surface area contributed by atoms with Crippen LogP contribution in [0.15, 0.2) is 18.2 Å². The van der Waals surface area contributed by atoms with Gasteiger partial charge in [0.05, 0.1) is 13.7 Å². The lowest BCUT2D eigenvalue weighted by Crippen LogP contribution is -2.42. The second-order valence-corrected chi connectivity index (χ2v) is 6.31. The fraction of sp³-hybridized carbons (Fsp3) is 0.562. The lowest BCUT2D eigenvalue weighted by Gasteiger charge is -2.35. The molecule has 1 unspecified atom stereocenters. The third-order valence-electron chi connectivity index (χ3n) is 3.47. The zero-order valence-electron chi connectivity index (χ0n) is 13.0. The Balaban J connectivity index is 2.22. The number of ether oxygens (including phenoxy) is 2. The summed E-state index contributed by atoms with van der Waals surface area (Å²) in [7, 11) is 1.62. The summed E-state index contributed by atoms with van der Waals surface area (Å²) in [5, 5.41) is 9.61. The number of nitrogens with zero attached hydrogens (tertiary/aromatic N) is 1. The summed E-state index contributed by atoms with van der Waals surface area (Å²) in [4.78, 5) is 13.8. The van der Waals surface area contributed by atoms with Gasteiger partial charge in [-0.25, -0.2) is 4.79 Å². The van der Waals surface area contributed by atoms with Crippen LogP contribution in [0, 0.1) is 0 Å². The molecule has 5 heteroatoms. The van der Waals surface area contributed by atoms with E-state index in [1.54, 1.807) is 12.0 Å². The molecule has 2 rings (SSSR count). The van der Waals surface area contributed by atoms with Crippen molar-refractivity contribution in [2.75, 3.05) is 20.3 Å². The largest absolute Gasteiger partial charge is 0.497 e. The van der Waals surface area contributed by atoms with Gasteiger partial charge in [0.1, 0.15) is 11.4 Å². The second kappa shape index (κ2) is 5.93. The van der Waals surface area contributed by atoms with Gasteiger partial charge in [-0.05, 0) is 44.0 Å². The number of aliphatic hydroxyl groups excluding tert-OH is 1. The third kappa shape index (κ3) is 3.67. The molecule has 1 aliphatic rings. The Morgan fingerprint density at radius 2 is 2.14 bits per heavy atom. The summed E-state index contributed by atoms with van der Waals surface area (Å²) in [5.74, 6) is 0.647. The van der Waals surface area contributed by atoms with Crippen molar-refractivity contribution in [2.24, 2.45) is 0 Å². The number of fused-ring (bicyclic) bond motifs is 1. The molecule has 0 radical (unpaired) electrons. The van der Waals surface area contributed by atoms with Crippen molar-refractivity contribution >= 4 is 6.09 Å². The molecule has 1 aliphatic heterocycles. The van der Waals surface area contributed by atoms with E-state index in [0.717, 1.165) is 16.9 Å². The van der Waals surface area contributed by atoms with Crippen LogP contribution >= 0.6 is 0 Å². The lowest BCUT2D eigenvalue weighted by molar-refractivity contribution is 0.0190. The summed E-state index contributed by atoms with van der Waals surface area (Å²) in [6, 6.07) is 5.74. The molecule has 0 spiro atoms. The molecule has 0 saturated heterocycles. The number of methoxy groups -OCH3 is 1. The van der Waals surface area contributed by atoms with Crippen molar-refractivity contribution in [1.82, 2.24) is 4.90 Å². The van der Waals surface area contributed by atoms with Crippen LogP contribution in [0.1, 0.15) is 37.8 Å². The molecule has 1 N–H and O–H groups in total. The third-order valence-corrected chi connectivity index (χ3v) is 3.47. The Bertz CT molecular complexity index is 521. The molecule has 0 bridgehead atoms. The minimum Gasteiger partial charge on any atom is -0.497 e. The van der Waals surface area contributed by atoms with Crippen LogP contribution in [-0.2, 0) is 11.3 Å². The van der Waals surface area contributed by atoms with Crippen LogP contribution in [0.25, 0.3) is 0 Å². The van der Waals surface area contributed by atoms with Gasteiger partial charge in [-0.2, -0.15) is 0 Å². The molecule has 116 valence electrons. The highest BCUT2D eigenvalue weighted by molar-refractivity contribution is 5.69. The predicted molar refractivity (Wildman–Crippen MR) is 79.5 cm³/mol. The zero-order chi connectivity index (χ0) is 15.6. The van der Waals surface area contributed by atoms with E-state index in [0.29, 0.717) is 13.1 Å². The Morgan fingerprint density at radius 1 is 1.43 bits per heavy atom. The Morgan fingerprint density at radius 3 is 2.71 bits per heavy atom. The van der Waals surface area contributed by atoms with Gasteiger partial charge in [-0.3, -0.25) is 0 Å². The number of carbonyl (C=O) groups is 1. The van der Waals surface area contributed by atoms with E-state index in [1.807, 2.05) is 39.0 Å². The molecule has 0 aromatic heterocycles. The van der Waals surface area contributed by atoms with E-state index in [-0.39, 0.29) is 18.6 Å². The fourth-order valence-electron chi connectivity index (χ4n) is 2.48. The van der Waals surface area contributed by atoms with Gasteiger partial charge in [0.15, 0.2) is 0 Å². The van der Waals surface area contributed by atoms with Gasteiger partial charge in [-0.1, -0.05) is 6.07 Å². The number of hydrogen-bond acceptors (Lipinski definition) is 4. The van der Waals surface area contributed by atoms with E-state index in [1.165, 1.54) is 0 Å². The van der Waals surface area contributed by atoms with E-state index < -0.39 is 5.60 Å². The molecule has 1 amide bonds. The average molecular weight is 293 g/mol. The van der Waals surface area contributed by atoms with Gasteiger partial charge in [0.2, 0.25) is 0 Å². The second-order valence-electron chi connectivity index (χ2n) is 6.31. The first-order valence-electron chi connectivity index (χ1n) is 7.09. The highest BCUT2D eigenvalue weighted by Gasteiger charge is 2.30. The van der Waals surface area contributed by atoms with Gasteiger partial charge in [-0.15, -0.1) is 0 Å². The van der Waals surface area contributed by atoms with Crippen LogP contribution in [0.4, 0.5) is 4.79 Å². The van der Waals surface area contributed by atoms with Crippen LogP contribution in [0.3, 0.4) is 0 Å². The molecule has 0 saturated carbocycles. The number of hydrogen-bond donors (Lipinski definition) is 1. The van der Waals surface area contributed by atoms with Crippen molar-refractivity contribution in [3.8, 4) is 5.75 Å². The standard InChI is InChI=1S/C16H23NO4/c1-16(2,3)21-15(19)17-8-11-5-6-13(20-4)7-14(11)12(9-17)10-18/h5-7,12,18H,8-10H2,1-4H3. The maximum absolute atomic E-state index is 12.2. The number of aliphatic hydroxyl groups is 1. The maximum atomic E-state index is 12.2. The van der Waals surface area contributed by atoms with E-state index in [2.05, 4.69) is 0 Å². The molecule has 1 atom stereocenters. The van der Waals surface area contributed by atoms with Crippen LogP contribution in [0.5, 0.6) is 5.75 Å². The van der Waals surface area contributed by atoms with Gasteiger partial charge in [0.25, 0.3) is 0 Å². The maximum Gasteiger partial charge on any atom is 0.410 e. The van der Waals surface area contributed by atoms with Crippen LogP contribution < -0.4 is 4.74 Å². The van der Waals surface area contributed by atoms with Crippen LogP contribution in [0.2, 0.25) is 0 Å². The Labute approximate surface area is 125 Å². The fourth-order valence-corrected chi connectivity index (χ4v) is 2.48. The van der Waals surface area contributed by atoms with Gasteiger partial charge >= 0.3 is 6.09 Å². The first kappa shape index (κ1) is 15.6. The Kier molecular flexibility index (Phi) is 4.42. The van der Waals surface area contributed by atoms with Crippen LogP contribution in [-0.4, -0.2) is 42.0 Å². The number of carbonyl (C=O) groups excluding carboxylic acids is 1. The summed E-state index contributed by atoms with van der Waals surface area (Å²) in [6.07, 6.45) is -0.345. The van der Waals surface area contributed by atoms with E-state index >= 15 is 0 Å². The average Bonchev–Trinajstić information content (AvgIpc) is 2.43. The highest BCUT2D eigenvalue weighted by Crippen LogP contribution is 2.31. The molecule has 1 aromatic carbocycles. The van der Waals surface area contributed by atoms with Crippen molar-refractivity contribution < 1.29 is 19.4 Å². The van der Waals surface area contributed by atoms with Gasteiger partial charge in [0, 0.05) is 19.0 Å². The Hall–Kier alpha value is -1.75. The molecule has 0 aliphatic carbocycles. The first-order valence-corrected chi connectivity index (χ1v) is 7.09. The van der Waals surface area contributed by atoms with E-state index in [4.69, 9.17) is 9.47 Å². The predicted octanol–water partition coefficient (Wildman–Crippen LogP) is 2.52. The topological polar surface area (TPSA) is 59.0 Å². The van der Waals surface area contributed by atoms with Crippen molar-refractivity contribution in [2.45, 2.75) is 38.8 Å². The van der Waals surface area contributed by atoms with Gasteiger partial charge < -0.3 is 19.5 Å². The quantitative estimate of drug-likeness (QED) is 0.910. The molecular weight excluding hydrogens is 270 g/mol. The SMILES string of the molecule is COc1ccc2c(c1)C(CO)CN(C(=O)OC(C)(C)C)C2. The summed E-state index contributed by atoms with van der Waals surface area (Å²) in [5.41, 5.74) is 1.54. The summed E-state index contributed by atoms with van der Waals surface area (Å²) >= 11 is 0. The molecule has 21 heavy (non-hydrogen) atoms. The normalized spacial score (nSPS) is 18.1. The molecular formula is C16H23NO4. The molecule has 1 aromatic rings. The molecule has 5 nitrogen and oxygen atoms in total. The van der Waals surface area contributed by atoms with E-state index in [9.17, 15) is 9.90 Å². The minimum absolute atomic E-state index is 0.0144. The highest BCUT2D eigenvalue weighted by atomic mass is 16.6. The minimum atomic E-state index is -0.522. The summed E-state index contributed by atoms with van der Waals surface area (Å²) < 4.78 is 10.6.